The topological polar surface area (TPSA) is 55.2 Å². The molecule has 0 fully saturated rings. The molecule has 0 spiro atoms. The van der Waals surface area contributed by atoms with Gasteiger partial charge in [0.05, 0.1) is 18.3 Å². The molecule has 0 saturated heterocycles. The summed E-state index contributed by atoms with van der Waals surface area (Å²) >= 11 is 1.54. The Kier molecular flexibility index (Phi) is 3.33. The molecule has 20 heavy (non-hydrogen) atoms. The van der Waals surface area contributed by atoms with Crippen molar-refractivity contribution in [1.29, 1.82) is 0 Å². The van der Waals surface area contributed by atoms with E-state index in [1.165, 1.54) is 0 Å². The summed E-state index contributed by atoms with van der Waals surface area (Å²) in [5.74, 6) is 0.0875. The first-order valence-corrected chi connectivity index (χ1v) is 7.68. The van der Waals surface area contributed by atoms with Crippen LogP contribution in [0.2, 0.25) is 0 Å². The van der Waals surface area contributed by atoms with Crippen LogP contribution >= 0.6 is 11.3 Å². The van der Waals surface area contributed by atoms with Crippen molar-refractivity contribution in [3.8, 4) is 0 Å². The van der Waals surface area contributed by atoms with E-state index in [0.717, 1.165) is 33.5 Å². The van der Waals surface area contributed by atoms with E-state index < -0.39 is 0 Å². The van der Waals surface area contributed by atoms with Gasteiger partial charge in [0.15, 0.2) is 0 Å². The zero-order valence-electron chi connectivity index (χ0n) is 11.7. The second-order valence-corrected chi connectivity index (χ2v) is 6.20. The third kappa shape index (κ3) is 2.04. The molecule has 0 radical (unpaired) electrons. The molecule has 0 saturated carbocycles. The van der Waals surface area contributed by atoms with Crippen molar-refractivity contribution in [3.63, 3.8) is 0 Å². The Balaban J connectivity index is 2.12. The van der Waals surface area contributed by atoms with Crippen LogP contribution in [-0.2, 0) is 24.3 Å². The van der Waals surface area contributed by atoms with Gasteiger partial charge >= 0.3 is 0 Å². The van der Waals surface area contributed by atoms with Crippen molar-refractivity contribution in [2.75, 3.05) is 6.54 Å². The third-order valence-corrected chi connectivity index (χ3v) is 4.86. The van der Waals surface area contributed by atoms with Crippen molar-refractivity contribution in [2.24, 2.45) is 0 Å². The van der Waals surface area contributed by atoms with Gasteiger partial charge in [0.1, 0.15) is 4.83 Å². The highest BCUT2D eigenvalue weighted by molar-refractivity contribution is 7.18. The number of thiophene rings is 1. The minimum atomic E-state index is 0.0608. The lowest BCUT2D eigenvalue weighted by Crippen LogP contribution is -2.33. The van der Waals surface area contributed by atoms with Gasteiger partial charge in [-0.15, -0.1) is 11.3 Å². The highest BCUT2D eigenvalue weighted by Gasteiger charge is 2.24. The molecule has 1 aliphatic heterocycles. The standard InChI is InChI=1S/C14H17N3O2S/c1-3-5-17-8-15-13-12(14(17)19)10-4-6-16(9(2)18)7-11(10)20-13/h8H,3-7H2,1-2H3. The molecule has 0 N–H and O–H groups in total. The first-order valence-electron chi connectivity index (χ1n) is 6.87. The van der Waals surface area contributed by atoms with E-state index >= 15 is 0 Å². The average Bonchev–Trinajstić information content (AvgIpc) is 2.80. The molecular formula is C14H17N3O2S. The molecule has 5 nitrogen and oxygen atoms in total. The number of fused-ring (bicyclic) bond motifs is 3. The quantitative estimate of drug-likeness (QED) is 0.847. The molecule has 2 aromatic rings. The van der Waals surface area contributed by atoms with E-state index in [0.29, 0.717) is 19.6 Å². The molecule has 106 valence electrons. The second-order valence-electron chi connectivity index (χ2n) is 5.12. The molecule has 0 bridgehead atoms. The average molecular weight is 291 g/mol. The van der Waals surface area contributed by atoms with Crippen LogP contribution in [0.4, 0.5) is 0 Å². The molecule has 0 aromatic carbocycles. The normalized spacial score (nSPS) is 14.6. The molecule has 3 heterocycles. The van der Waals surface area contributed by atoms with E-state index in [1.807, 2.05) is 11.8 Å². The Morgan fingerprint density at radius 3 is 3.00 bits per heavy atom. The predicted molar refractivity (Wildman–Crippen MR) is 79.0 cm³/mol. The van der Waals surface area contributed by atoms with Gasteiger partial charge in [-0.3, -0.25) is 14.2 Å². The van der Waals surface area contributed by atoms with Gasteiger partial charge < -0.3 is 4.90 Å². The second kappa shape index (κ2) is 5.01. The van der Waals surface area contributed by atoms with Crippen LogP contribution < -0.4 is 5.56 Å². The summed E-state index contributed by atoms with van der Waals surface area (Å²) < 4.78 is 1.69. The monoisotopic (exact) mass is 291 g/mol. The lowest BCUT2D eigenvalue weighted by atomic mass is 10.1. The summed E-state index contributed by atoms with van der Waals surface area (Å²) in [4.78, 5) is 32.1. The van der Waals surface area contributed by atoms with E-state index in [9.17, 15) is 9.59 Å². The molecule has 3 rings (SSSR count). The maximum absolute atomic E-state index is 12.5. The fourth-order valence-corrected chi connectivity index (χ4v) is 3.88. The van der Waals surface area contributed by atoms with Gasteiger partial charge in [0, 0.05) is 24.9 Å². The van der Waals surface area contributed by atoms with Crippen LogP contribution in [-0.4, -0.2) is 26.9 Å². The molecule has 0 aliphatic carbocycles. The maximum Gasteiger partial charge on any atom is 0.262 e. The van der Waals surface area contributed by atoms with E-state index in [1.54, 1.807) is 29.2 Å². The van der Waals surface area contributed by atoms with Gasteiger partial charge in [0.25, 0.3) is 5.56 Å². The first-order chi connectivity index (χ1) is 9.61. The summed E-state index contributed by atoms with van der Waals surface area (Å²) in [6.07, 6.45) is 3.30. The molecule has 2 aromatic heterocycles. The number of aryl methyl sites for hydroxylation is 1. The molecule has 0 unspecified atom stereocenters. The number of hydrogen-bond acceptors (Lipinski definition) is 4. The number of hydrogen-bond donors (Lipinski definition) is 0. The molecule has 6 heteroatoms. The number of rotatable bonds is 2. The first kappa shape index (κ1) is 13.3. The van der Waals surface area contributed by atoms with Crippen molar-refractivity contribution >= 4 is 27.5 Å². The summed E-state index contributed by atoms with van der Waals surface area (Å²) in [6, 6.07) is 0. The van der Waals surface area contributed by atoms with Crippen LogP contribution in [0.3, 0.4) is 0 Å². The Labute approximate surface area is 120 Å². The molecule has 0 atom stereocenters. The van der Waals surface area contributed by atoms with Crippen molar-refractivity contribution in [3.05, 3.63) is 27.1 Å². The highest BCUT2D eigenvalue weighted by Crippen LogP contribution is 2.32. The summed E-state index contributed by atoms with van der Waals surface area (Å²) in [5, 5.41) is 0.768. The van der Waals surface area contributed by atoms with E-state index in [2.05, 4.69) is 4.98 Å². The lowest BCUT2D eigenvalue weighted by Gasteiger charge is -2.25. The number of nitrogens with zero attached hydrogens (tertiary/aromatic N) is 3. The van der Waals surface area contributed by atoms with Crippen LogP contribution in [0.15, 0.2) is 11.1 Å². The Hall–Kier alpha value is -1.69. The van der Waals surface area contributed by atoms with Crippen molar-refractivity contribution in [2.45, 2.75) is 39.8 Å². The number of amides is 1. The largest absolute Gasteiger partial charge is 0.337 e. The summed E-state index contributed by atoms with van der Waals surface area (Å²) in [7, 11) is 0. The van der Waals surface area contributed by atoms with E-state index in [4.69, 9.17) is 0 Å². The van der Waals surface area contributed by atoms with Gasteiger partial charge in [-0.25, -0.2) is 4.98 Å². The SMILES string of the molecule is CCCn1cnc2sc3c(c2c1=O)CCN(C(C)=O)C3. The minimum absolute atomic E-state index is 0.0608. The number of carbonyl (C=O) groups is 1. The number of aromatic nitrogens is 2. The highest BCUT2D eigenvalue weighted by atomic mass is 32.1. The molecule has 1 amide bonds. The summed E-state index contributed by atoms with van der Waals surface area (Å²) in [6.45, 7) is 5.64. The minimum Gasteiger partial charge on any atom is -0.337 e. The fourth-order valence-electron chi connectivity index (χ4n) is 2.69. The molecule has 1 aliphatic rings. The van der Waals surface area contributed by atoms with Gasteiger partial charge in [-0.05, 0) is 18.4 Å². The summed E-state index contributed by atoms with van der Waals surface area (Å²) in [5.41, 5.74) is 1.16. The van der Waals surface area contributed by atoms with Crippen molar-refractivity contribution in [1.82, 2.24) is 14.5 Å². The lowest BCUT2D eigenvalue weighted by molar-refractivity contribution is -0.129. The maximum atomic E-state index is 12.5. The van der Waals surface area contributed by atoms with Crippen LogP contribution in [0, 0.1) is 0 Å². The third-order valence-electron chi connectivity index (χ3n) is 3.74. The smallest absolute Gasteiger partial charge is 0.262 e. The zero-order valence-corrected chi connectivity index (χ0v) is 12.5. The van der Waals surface area contributed by atoms with Gasteiger partial charge in [-0.1, -0.05) is 6.92 Å². The zero-order chi connectivity index (χ0) is 14.3. The van der Waals surface area contributed by atoms with Crippen molar-refractivity contribution < 1.29 is 4.79 Å². The Morgan fingerprint density at radius 2 is 2.30 bits per heavy atom. The van der Waals surface area contributed by atoms with E-state index in [-0.39, 0.29) is 11.5 Å². The van der Waals surface area contributed by atoms with Crippen LogP contribution in [0.25, 0.3) is 10.2 Å². The van der Waals surface area contributed by atoms with Gasteiger partial charge in [-0.2, -0.15) is 0 Å². The van der Waals surface area contributed by atoms with Crippen LogP contribution in [0.1, 0.15) is 30.7 Å². The fraction of sp³-hybridized carbons (Fsp3) is 0.500. The van der Waals surface area contributed by atoms with Crippen LogP contribution in [0.5, 0.6) is 0 Å². The Bertz CT molecular complexity index is 732. The predicted octanol–water partition coefficient (Wildman–Crippen LogP) is 1.77. The Morgan fingerprint density at radius 1 is 1.50 bits per heavy atom. The number of carbonyl (C=O) groups excluding carboxylic acids is 1. The molecular weight excluding hydrogens is 274 g/mol. The van der Waals surface area contributed by atoms with Gasteiger partial charge in [0.2, 0.25) is 5.91 Å².